The summed E-state index contributed by atoms with van der Waals surface area (Å²) < 4.78 is 1.93. The van der Waals surface area contributed by atoms with Crippen molar-refractivity contribution in [3.8, 4) is 0 Å². The molecular formula is C9H14N4O2. The third-order valence-electron chi connectivity index (χ3n) is 2.96. The van der Waals surface area contributed by atoms with Gasteiger partial charge in [0.25, 0.3) is 0 Å². The first-order chi connectivity index (χ1) is 7.15. The lowest BCUT2D eigenvalue weighted by atomic mass is 9.96. The molecular weight excluding hydrogens is 196 g/mol. The lowest BCUT2D eigenvalue weighted by molar-refractivity contribution is -0.390. The lowest BCUT2D eigenvalue weighted by Gasteiger charge is -2.21. The molecule has 1 aromatic rings. The maximum Gasteiger partial charge on any atom is 0.385 e. The van der Waals surface area contributed by atoms with Gasteiger partial charge in [0.15, 0.2) is 0 Å². The van der Waals surface area contributed by atoms with Crippen LogP contribution < -0.4 is 5.73 Å². The van der Waals surface area contributed by atoms with E-state index in [1.807, 2.05) is 4.57 Å². The molecule has 1 aromatic heterocycles. The summed E-state index contributed by atoms with van der Waals surface area (Å²) in [6.45, 7) is 3.07. The summed E-state index contributed by atoms with van der Waals surface area (Å²) in [7, 11) is 0. The van der Waals surface area contributed by atoms with Gasteiger partial charge in [0.1, 0.15) is 5.69 Å². The Labute approximate surface area is 87.2 Å². The first kappa shape index (κ1) is 10.1. The van der Waals surface area contributed by atoms with Gasteiger partial charge >= 0.3 is 5.82 Å². The zero-order valence-corrected chi connectivity index (χ0v) is 8.64. The van der Waals surface area contributed by atoms with Gasteiger partial charge in [-0.15, -0.1) is 0 Å². The number of nitro groups is 1. The largest absolute Gasteiger partial charge is 0.385 e. The van der Waals surface area contributed by atoms with Crippen molar-refractivity contribution < 1.29 is 4.92 Å². The number of hydrogen-bond acceptors (Lipinski definition) is 4. The third kappa shape index (κ3) is 1.50. The molecule has 0 saturated carbocycles. The van der Waals surface area contributed by atoms with Crippen molar-refractivity contribution >= 4 is 5.82 Å². The number of fused-ring (bicyclic) bond motifs is 1. The van der Waals surface area contributed by atoms with Gasteiger partial charge in [0.2, 0.25) is 5.82 Å². The smallest absolute Gasteiger partial charge is 0.358 e. The molecule has 0 aromatic carbocycles. The molecule has 0 radical (unpaired) electrons. The maximum absolute atomic E-state index is 10.8. The molecule has 1 atom stereocenters. The van der Waals surface area contributed by atoms with Gasteiger partial charge in [-0.2, -0.15) is 0 Å². The minimum atomic E-state index is -0.410. The van der Waals surface area contributed by atoms with Crippen LogP contribution in [0.5, 0.6) is 0 Å². The average Bonchev–Trinajstić information content (AvgIpc) is 2.56. The summed E-state index contributed by atoms with van der Waals surface area (Å²) in [4.78, 5) is 14.4. The minimum absolute atomic E-state index is 0.0114. The third-order valence-corrected chi connectivity index (χ3v) is 2.96. The van der Waals surface area contributed by atoms with Gasteiger partial charge in [-0.1, -0.05) is 0 Å². The molecule has 15 heavy (non-hydrogen) atoms. The first-order valence-electron chi connectivity index (χ1n) is 5.06. The van der Waals surface area contributed by atoms with E-state index in [9.17, 15) is 10.1 Å². The van der Waals surface area contributed by atoms with Crippen molar-refractivity contribution in [3.63, 3.8) is 0 Å². The fourth-order valence-corrected chi connectivity index (χ4v) is 2.25. The van der Waals surface area contributed by atoms with Crippen molar-refractivity contribution in [1.29, 1.82) is 0 Å². The predicted octanol–water partition coefficient (Wildman–Crippen LogP) is 0.936. The predicted molar refractivity (Wildman–Crippen MR) is 54.6 cm³/mol. The average molecular weight is 210 g/mol. The van der Waals surface area contributed by atoms with Crippen LogP contribution in [-0.2, 0) is 6.54 Å². The fourth-order valence-electron chi connectivity index (χ4n) is 2.25. The van der Waals surface area contributed by atoms with Crippen LogP contribution in [0.2, 0.25) is 0 Å². The van der Waals surface area contributed by atoms with E-state index < -0.39 is 4.92 Å². The van der Waals surface area contributed by atoms with Crippen molar-refractivity contribution in [2.45, 2.75) is 32.2 Å². The SMILES string of the molecule is Cc1nc([N+](=O)[O-])c2n1CCCC2CN. The van der Waals surface area contributed by atoms with Crippen LogP contribution in [0.3, 0.4) is 0 Å². The zero-order valence-electron chi connectivity index (χ0n) is 8.64. The molecule has 82 valence electrons. The highest BCUT2D eigenvalue weighted by Gasteiger charge is 2.32. The van der Waals surface area contributed by atoms with Crippen LogP contribution in [-0.4, -0.2) is 21.0 Å². The maximum atomic E-state index is 10.8. The molecule has 0 spiro atoms. The van der Waals surface area contributed by atoms with E-state index >= 15 is 0 Å². The van der Waals surface area contributed by atoms with E-state index in [1.54, 1.807) is 6.92 Å². The Hall–Kier alpha value is -1.43. The van der Waals surface area contributed by atoms with Crippen molar-refractivity contribution in [2.24, 2.45) is 5.73 Å². The van der Waals surface area contributed by atoms with Gasteiger partial charge in [-0.3, -0.25) is 0 Å². The molecule has 6 heteroatoms. The Balaban J connectivity index is 2.55. The van der Waals surface area contributed by atoms with E-state index in [1.165, 1.54) is 0 Å². The van der Waals surface area contributed by atoms with Crippen LogP contribution in [0.15, 0.2) is 0 Å². The standard InChI is InChI=1S/C9H14N4O2/c1-6-11-9(13(14)15)8-7(5-10)3-2-4-12(6)8/h7H,2-5,10H2,1H3. The van der Waals surface area contributed by atoms with E-state index in [2.05, 4.69) is 4.98 Å². The number of rotatable bonds is 2. The molecule has 1 unspecified atom stereocenters. The highest BCUT2D eigenvalue weighted by molar-refractivity contribution is 5.34. The van der Waals surface area contributed by atoms with Crippen LogP contribution in [0, 0.1) is 17.0 Å². The Kier molecular flexibility index (Phi) is 2.44. The van der Waals surface area contributed by atoms with Crippen LogP contribution in [0.25, 0.3) is 0 Å². The Morgan fingerprint density at radius 1 is 1.73 bits per heavy atom. The number of hydrogen-bond donors (Lipinski definition) is 1. The molecule has 0 fully saturated rings. The Bertz CT molecular complexity index is 399. The quantitative estimate of drug-likeness (QED) is 0.581. The van der Waals surface area contributed by atoms with Gasteiger partial charge in [-0.25, -0.2) is 0 Å². The monoisotopic (exact) mass is 210 g/mol. The molecule has 0 bridgehead atoms. The molecule has 2 heterocycles. The van der Waals surface area contributed by atoms with E-state index in [0.717, 1.165) is 25.2 Å². The van der Waals surface area contributed by atoms with Gasteiger partial charge in [0, 0.05) is 25.9 Å². The summed E-state index contributed by atoms with van der Waals surface area (Å²) in [6, 6.07) is 0. The van der Waals surface area contributed by atoms with E-state index in [0.29, 0.717) is 12.2 Å². The first-order valence-corrected chi connectivity index (χ1v) is 5.06. The van der Waals surface area contributed by atoms with E-state index in [-0.39, 0.29) is 11.7 Å². The van der Waals surface area contributed by atoms with Gasteiger partial charge in [0.05, 0.1) is 0 Å². The molecule has 2 rings (SSSR count). The highest BCUT2D eigenvalue weighted by Crippen LogP contribution is 2.33. The van der Waals surface area contributed by atoms with Crippen LogP contribution >= 0.6 is 0 Å². The summed E-state index contributed by atoms with van der Waals surface area (Å²) in [6.07, 6.45) is 1.94. The van der Waals surface area contributed by atoms with Crippen molar-refractivity contribution in [3.05, 3.63) is 21.6 Å². The lowest BCUT2D eigenvalue weighted by Crippen LogP contribution is -2.22. The van der Waals surface area contributed by atoms with Gasteiger partial charge < -0.3 is 20.4 Å². The second-order valence-corrected chi connectivity index (χ2v) is 3.85. The summed E-state index contributed by atoms with van der Waals surface area (Å²) in [5, 5.41) is 10.8. The van der Waals surface area contributed by atoms with E-state index in [4.69, 9.17) is 5.73 Å². The molecule has 6 nitrogen and oxygen atoms in total. The molecule has 0 saturated heterocycles. The minimum Gasteiger partial charge on any atom is -0.358 e. The molecule has 1 aliphatic rings. The Morgan fingerprint density at radius 2 is 2.47 bits per heavy atom. The topological polar surface area (TPSA) is 87.0 Å². The number of aromatic nitrogens is 2. The number of aryl methyl sites for hydroxylation is 1. The van der Waals surface area contributed by atoms with Crippen LogP contribution in [0.1, 0.15) is 30.3 Å². The molecule has 0 aliphatic carbocycles. The summed E-state index contributed by atoms with van der Waals surface area (Å²) in [5.41, 5.74) is 6.35. The Morgan fingerprint density at radius 3 is 3.07 bits per heavy atom. The molecule has 1 aliphatic heterocycles. The van der Waals surface area contributed by atoms with Crippen molar-refractivity contribution in [1.82, 2.24) is 9.55 Å². The fraction of sp³-hybridized carbons (Fsp3) is 0.667. The summed E-state index contributed by atoms with van der Waals surface area (Å²) in [5.74, 6) is 0.790. The summed E-state index contributed by atoms with van der Waals surface area (Å²) >= 11 is 0. The number of nitrogens with zero attached hydrogens (tertiary/aromatic N) is 3. The van der Waals surface area contributed by atoms with Crippen LogP contribution in [0.4, 0.5) is 5.82 Å². The number of nitrogens with two attached hydrogens (primary N) is 1. The zero-order chi connectivity index (χ0) is 11.0. The highest BCUT2D eigenvalue weighted by atomic mass is 16.6. The normalized spacial score (nSPS) is 20.0. The second kappa shape index (κ2) is 3.62. The molecule has 2 N–H and O–H groups in total. The number of imidazole rings is 1. The van der Waals surface area contributed by atoms with Crippen molar-refractivity contribution in [2.75, 3.05) is 6.54 Å². The molecule has 0 amide bonds. The van der Waals surface area contributed by atoms with Gasteiger partial charge in [-0.05, 0) is 22.7 Å². The second-order valence-electron chi connectivity index (χ2n) is 3.85.